The number of nitrogens with one attached hydrogen (secondary N) is 1. The number of hydrogen-bond acceptors (Lipinski definition) is 3. The maximum Gasteiger partial charge on any atom is 0.317 e. The molecule has 0 aromatic carbocycles. The molecule has 0 saturated carbocycles. The van der Waals surface area contributed by atoms with Gasteiger partial charge in [-0.3, -0.25) is 0 Å². The predicted molar refractivity (Wildman–Crippen MR) is 73.4 cm³/mol. The molecule has 0 aliphatic rings. The molecule has 0 atom stereocenters. The highest BCUT2D eigenvalue weighted by Crippen LogP contribution is 2.15. The molecule has 1 aromatic heterocycles. The first kappa shape index (κ1) is 14.6. The zero-order chi connectivity index (χ0) is 13.5. The minimum atomic E-state index is -0.135. The van der Waals surface area contributed by atoms with Crippen molar-refractivity contribution in [2.24, 2.45) is 0 Å². The Morgan fingerprint density at radius 1 is 1.61 bits per heavy atom. The van der Waals surface area contributed by atoms with Crippen LogP contribution < -0.4 is 5.32 Å². The maximum absolute atomic E-state index is 11.7. The van der Waals surface area contributed by atoms with Crippen molar-refractivity contribution < 1.29 is 9.90 Å². The van der Waals surface area contributed by atoms with Crippen LogP contribution in [0.25, 0.3) is 0 Å². The lowest BCUT2D eigenvalue weighted by Gasteiger charge is -2.18. The zero-order valence-electron chi connectivity index (χ0n) is 10.9. The van der Waals surface area contributed by atoms with Gasteiger partial charge in [0.15, 0.2) is 0 Å². The number of nitrogens with zero attached hydrogens (tertiary/aromatic N) is 1. The van der Waals surface area contributed by atoms with E-state index in [9.17, 15) is 4.79 Å². The van der Waals surface area contributed by atoms with E-state index in [4.69, 9.17) is 5.11 Å². The first-order chi connectivity index (χ1) is 8.52. The SMILES string of the molecule is CC(C)NC(=O)N(C)Cc1csc(C#CCO)c1. The van der Waals surface area contributed by atoms with Crippen molar-refractivity contribution in [1.82, 2.24) is 10.2 Å². The minimum Gasteiger partial charge on any atom is -0.384 e. The second kappa shape index (κ2) is 7.04. The van der Waals surface area contributed by atoms with Gasteiger partial charge in [-0.25, -0.2) is 4.79 Å². The van der Waals surface area contributed by atoms with Crippen LogP contribution in [0.15, 0.2) is 11.4 Å². The average Bonchev–Trinajstić information content (AvgIpc) is 2.73. The third-order valence-corrected chi connectivity index (χ3v) is 3.02. The molecule has 5 heteroatoms. The van der Waals surface area contributed by atoms with Crippen molar-refractivity contribution in [1.29, 1.82) is 0 Å². The molecule has 0 aliphatic heterocycles. The number of aliphatic hydroxyl groups is 1. The van der Waals surface area contributed by atoms with Gasteiger partial charge in [0.1, 0.15) is 6.61 Å². The zero-order valence-corrected chi connectivity index (χ0v) is 11.7. The summed E-state index contributed by atoms with van der Waals surface area (Å²) < 4.78 is 0. The third-order valence-electron chi connectivity index (χ3n) is 2.12. The number of carbonyl (C=O) groups is 1. The highest BCUT2D eigenvalue weighted by molar-refractivity contribution is 7.10. The van der Waals surface area contributed by atoms with Crippen LogP contribution in [0, 0.1) is 11.8 Å². The highest BCUT2D eigenvalue weighted by Gasteiger charge is 2.10. The van der Waals surface area contributed by atoms with Crippen LogP contribution >= 0.6 is 11.3 Å². The van der Waals surface area contributed by atoms with Gasteiger partial charge >= 0.3 is 6.03 Å². The first-order valence-electron chi connectivity index (χ1n) is 5.71. The van der Waals surface area contributed by atoms with E-state index in [0.29, 0.717) is 6.54 Å². The number of urea groups is 1. The smallest absolute Gasteiger partial charge is 0.317 e. The molecule has 2 amide bonds. The monoisotopic (exact) mass is 266 g/mol. The summed E-state index contributed by atoms with van der Waals surface area (Å²) in [6.45, 7) is 4.28. The van der Waals surface area contributed by atoms with Crippen molar-refractivity contribution in [3.8, 4) is 11.8 Å². The number of rotatable bonds is 3. The summed E-state index contributed by atoms with van der Waals surface area (Å²) >= 11 is 1.51. The van der Waals surface area contributed by atoms with Gasteiger partial charge in [-0.15, -0.1) is 11.3 Å². The number of aliphatic hydroxyl groups excluding tert-OH is 1. The van der Waals surface area contributed by atoms with Gasteiger partial charge in [0.05, 0.1) is 4.88 Å². The standard InChI is InChI=1S/C13H18N2O2S/c1-10(2)14-13(17)15(3)8-11-7-12(18-9-11)5-4-6-16/h7,9-10,16H,6,8H2,1-3H3,(H,14,17). The van der Waals surface area contributed by atoms with Crippen LogP contribution in [-0.4, -0.2) is 35.7 Å². The van der Waals surface area contributed by atoms with E-state index in [2.05, 4.69) is 17.2 Å². The minimum absolute atomic E-state index is 0.0841. The summed E-state index contributed by atoms with van der Waals surface area (Å²) in [5, 5.41) is 13.4. The van der Waals surface area contributed by atoms with E-state index >= 15 is 0 Å². The highest BCUT2D eigenvalue weighted by atomic mass is 32.1. The summed E-state index contributed by atoms with van der Waals surface area (Å²) in [6, 6.07) is 1.99. The fraction of sp³-hybridized carbons (Fsp3) is 0.462. The van der Waals surface area contributed by atoms with E-state index in [-0.39, 0.29) is 18.7 Å². The fourth-order valence-electron chi connectivity index (χ4n) is 1.35. The Balaban J connectivity index is 2.56. The molecule has 18 heavy (non-hydrogen) atoms. The normalized spacial score (nSPS) is 9.83. The van der Waals surface area contributed by atoms with Crippen LogP contribution in [0.1, 0.15) is 24.3 Å². The quantitative estimate of drug-likeness (QED) is 0.817. The molecule has 0 spiro atoms. The van der Waals surface area contributed by atoms with Gasteiger partial charge in [0, 0.05) is 19.6 Å². The summed E-state index contributed by atoms with van der Waals surface area (Å²) in [5.74, 6) is 5.45. The summed E-state index contributed by atoms with van der Waals surface area (Å²) in [7, 11) is 1.76. The largest absolute Gasteiger partial charge is 0.384 e. The summed E-state index contributed by atoms with van der Waals surface area (Å²) in [4.78, 5) is 14.2. The predicted octanol–water partition coefficient (Wildman–Crippen LogP) is 1.64. The van der Waals surface area contributed by atoms with Crippen LogP contribution in [-0.2, 0) is 6.54 Å². The molecule has 0 aliphatic carbocycles. The van der Waals surface area contributed by atoms with Crippen molar-refractivity contribution in [2.75, 3.05) is 13.7 Å². The Morgan fingerprint density at radius 3 is 2.94 bits per heavy atom. The van der Waals surface area contributed by atoms with E-state index in [0.717, 1.165) is 10.4 Å². The van der Waals surface area contributed by atoms with Crippen molar-refractivity contribution in [3.63, 3.8) is 0 Å². The van der Waals surface area contributed by atoms with Crippen LogP contribution in [0.2, 0.25) is 0 Å². The third kappa shape index (κ3) is 4.78. The van der Waals surface area contributed by atoms with Crippen LogP contribution in [0.5, 0.6) is 0 Å². The molecule has 0 unspecified atom stereocenters. The first-order valence-corrected chi connectivity index (χ1v) is 6.59. The second-order valence-corrected chi connectivity index (χ2v) is 5.15. The summed E-state index contributed by atoms with van der Waals surface area (Å²) in [5.41, 5.74) is 1.05. The van der Waals surface area contributed by atoms with E-state index in [1.807, 2.05) is 25.3 Å². The number of carbonyl (C=O) groups excluding carboxylic acids is 1. The van der Waals surface area contributed by atoms with Gasteiger partial charge in [-0.05, 0) is 30.9 Å². The maximum atomic E-state index is 11.7. The molecule has 1 rings (SSSR count). The van der Waals surface area contributed by atoms with Gasteiger partial charge in [-0.1, -0.05) is 11.8 Å². The lowest BCUT2D eigenvalue weighted by atomic mass is 10.3. The fourth-order valence-corrected chi connectivity index (χ4v) is 2.12. The lowest BCUT2D eigenvalue weighted by Crippen LogP contribution is -2.40. The number of hydrogen-bond donors (Lipinski definition) is 2. The number of thiophene rings is 1. The second-order valence-electron chi connectivity index (χ2n) is 4.24. The van der Waals surface area contributed by atoms with E-state index < -0.39 is 0 Å². The van der Waals surface area contributed by atoms with Crippen LogP contribution in [0.4, 0.5) is 4.79 Å². The van der Waals surface area contributed by atoms with Gasteiger partial charge in [0.2, 0.25) is 0 Å². The van der Waals surface area contributed by atoms with Crippen LogP contribution in [0.3, 0.4) is 0 Å². The van der Waals surface area contributed by atoms with E-state index in [1.54, 1.807) is 11.9 Å². The Hall–Kier alpha value is -1.51. The van der Waals surface area contributed by atoms with Crippen molar-refractivity contribution in [2.45, 2.75) is 26.4 Å². The Bertz CT molecular complexity index is 457. The lowest BCUT2D eigenvalue weighted by molar-refractivity contribution is 0.204. The molecule has 2 N–H and O–H groups in total. The van der Waals surface area contributed by atoms with Gasteiger partial charge in [0.25, 0.3) is 0 Å². The topological polar surface area (TPSA) is 52.6 Å². The summed E-state index contributed by atoms with van der Waals surface area (Å²) in [6.07, 6.45) is 0. The molecule has 1 aromatic rings. The molecule has 98 valence electrons. The molecule has 0 bridgehead atoms. The molecule has 0 radical (unpaired) electrons. The molecule has 4 nitrogen and oxygen atoms in total. The molecule has 0 saturated heterocycles. The molecule has 0 fully saturated rings. The van der Waals surface area contributed by atoms with Crippen molar-refractivity contribution in [3.05, 3.63) is 21.9 Å². The molecular weight excluding hydrogens is 248 g/mol. The number of amides is 2. The van der Waals surface area contributed by atoms with Gasteiger partial charge in [-0.2, -0.15) is 0 Å². The Kier molecular flexibility index (Phi) is 5.69. The Morgan fingerprint density at radius 2 is 2.33 bits per heavy atom. The Labute approximate surface area is 112 Å². The average molecular weight is 266 g/mol. The molecule has 1 heterocycles. The molecular formula is C13H18N2O2S. The van der Waals surface area contributed by atoms with Crippen molar-refractivity contribution >= 4 is 17.4 Å². The van der Waals surface area contributed by atoms with E-state index in [1.165, 1.54) is 11.3 Å². The van der Waals surface area contributed by atoms with Gasteiger partial charge < -0.3 is 15.3 Å².